The molecule has 6 nitrogen and oxygen atoms in total. The van der Waals surface area contributed by atoms with Crippen molar-refractivity contribution in [2.45, 2.75) is 0 Å². The van der Waals surface area contributed by atoms with Crippen molar-refractivity contribution in [2.24, 2.45) is 0 Å². The summed E-state index contributed by atoms with van der Waals surface area (Å²) in [5, 5.41) is 11.2. The number of hydrogen-bond acceptors (Lipinski definition) is 5. The quantitative estimate of drug-likeness (QED) is 0.552. The Hall–Kier alpha value is -3.93. The molecule has 0 atom stereocenters. The molecule has 0 fully saturated rings. The molecule has 6 heteroatoms. The lowest BCUT2D eigenvalue weighted by Gasteiger charge is -2.10. The smallest absolute Gasteiger partial charge is 0.255 e. The molecule has 0 saturated carbocycles. The standard InChI is InChI=1S/C22H17N3O3/c1-27-17-12-13-19(23-20(26)15-8-4-2-5-9-15)18(14-17)22-25-24-21(28-22)16-10-6-3-7-11-16/h2-14H,1H3,(H,23,26). The number of rotatable bonds is 5. The summed E-state index contributed by atoms with van der Waals surface area (Å²) < 4.78 is 11.2. The Morgan fingerprint density at radius 3 is 2.29 bits per heavy atom. The van der Waals surface area contributed by atoms with Gasteiger partial charge in [-0.1, -0.05) is 36.4 Å². The maximum atomic E-state index is 12.6. The van der Waals surface area contributed by atoms with Gasteiger partial charge in [0.05, 0.1) is 18.4 Å². The van der Waals surface area contributed by atoms with Gasteiger partial charge in [0.2, 0.25) is 11.8 Å². The monoisotopic (exact) mass is 371 g/mol. The van der Waals surface area contributed by atoms with Gasteiger partial charge in [0.1, 0.15) is 5.75 Å². The number of anilines is 1. The molecule has 4 rings (SSSR count). The maximum absolute atomic E-state index is 12.6. The Morgan fingerprint density at radius 1 is 0.893 bits per heavy atom. The van der Waals surface area contributed by atoms with Gasteiger partial charge in [-0.15, -0.1) is 10.2 Å². The molecule has 4 aromatic rings. The lowest BCUT2D eigenvalue weighted by molar-refractivity contribution is 0.102. The molecule has 0 spiro atoms. The number of carbonyl (C=O) groups is 1. The first kappa shape index (κ1) is 17.5. The van der Waals surface area contributed by atoms with Gasteiger partial charge < -0.3 is 14.5 Å². The molecule has 138 valence electrons. The first-order valence-electron chi connectivity index (χ1n) is 8.68. The van der Waals surface area contributed by atoms with E-state index in [0.717, 1.165) is 5.56 Å². The molecule has 1 N–H and O–H groups in total. The Balaban J connectivity index is 1.70. The second-order valence-corrected chi connectivity index (χ2v) is 6.01. The third-order valence-corrected chi connectivity index (χ3v) is 4.19. The van der Waals surface area contributed by atoms with E-state index in [9.17, 15) is 4.79 Å². The highest BCUT2D eigenvalue weighted by molar-refractivity contribution is 6.06. The molecule has 0 bridgehead atoms. The van der Waals surface area contributed by atoms with E-state index in [1.165, 1.54) is 0 Å². The number of nitrogens with zero attached hydrogens (tertiary/aromatic N) is 2. The van der Waals surface area contributed by atoms with Crippen molar-refractivity contribution in [3.63, 3.8) is 0 Å². The second-order valence-electron chi connectivity index (χ2n) is 6.01. The molecule has 0 aliphatic carbocycles. The van der Waals surface area contributed by atoms with E-state index in [1.54, 1.807) is 37.4 Å². The zero-order valence-corrected chi connectivity index (χ0v) is 15.1. The first-order valence-corrected chi connectivity index (χ1v) is 8.68. The molecule has 1 heterocycles. The first-order chi connectivity index (χ1) is 13.7. The molecular weight excluding hydrogens is 354 g/mol. The minimum absolute atomic E-state index is 0.227. The Morgan fingerprint density at radius 2 is 1.57 bits per heavy atom. The minimum Gasteiger partial charge on any atom is -0.497 e. The number of nitrogens with one attached hydrogen (secondary N) is 1. The van der Waals surface area contributed by atoms with Crippen LogP contribution in [-0.4, -0.2) is 23.2 Å². The molecule has 0 radical (unpaired) electrons. The zero-order valence-electron chi connectivity index (χ0n) is 15.1. The normalized spacial score (nSPS) is 10.5. The Bertz CT molecular complexity index is 1090. The molecule has 0 saturated heterocycles. The van der Waals surface area contributed by atoms with Crippen LogP contribution in [0.1, 0.15) is 10.4 Å². The summed E-state index contributed by atoms with van der Waals surface area (Å²) in [6.45, 7) is 0. The number of ether oxygens (including phenoxy) is 1. The van der Waals surface area contributed by atoms with E-state index in [0.29, 0.717) is 34.3 Å². The van der Waals surface area contributed by atoms with Crippen molar-refractivity contribution in [1.29, 1.82) is 0 Å². The van der Waals surface area contributed by atoms with Crippen LogP contribution in [0, 0.1) is 0 Å². The number of aromatic nitrogens is 2. The number of methoxy groups -OCH3 is 1. The summed E-state index contributed by atoms with van der Waals surface area (Å²) in [5.41, 5.74) is 2.51. The van der Waals surface area contributed by atoms with Gasteiger partial charge in [0.15, 0.2) is 0 Å². The Kier molecular flexibility index (Phi) is 4.84. The summed E-state index contributed by atoms with van der Waals surface area (Å²) in [6, 6.07) is 23.7. The maximum Gasteiger partial charge on any atom is 0.255 e. The van der Waals surface area contributed by atoms with Crippen molar-refractivity contribution in [2.75, 3.05) is 12.4 Å². The van der Waals surface area contributed by atoms with E-state index in [-0.39, 0.29) is 5.91 Å². The molecule has 28 heavy (non-hydrogen) atoms. The highest BCUT2D eigenvalue weighted by Gasteiger charge is 2.17. The molecular formula is C22H17N3O3. The molecule has 1 amide bonds. The zero-order chi connectivity index (χ0) is 19.3. The van der Waals surface area contributed by atoms with Crippen LogP contribution in [0.3, 0.4) is 0 Å². The van der Waals surface area contributed by atoms with Crippen LogP contribution in [0.4, 0.5) is 5.69 Å². The van der Waals surface area contributed by atoms with E-state index >= 15 is 0 Å². The summed E-state index contributed by atoms with van der Waals surface area (Å²) in [7, 11) is 1.57. The second kappa shape index (κ2) is 7.75. The van der Waals surface area contributed by atoms with Crippen molar-refractivity contribution >= 4 is 11.6 Å². The van der Waals surface area contributed by atoms with Crippen LogP contribution in [0.15, 0.2) is 83.3 Å². The van der Waals surface area contributed by atoms with Gasteiger partial charge in [0.25, 0.3) is 5.91 Å². The highest BCUT2D eigenvalue weighted by atomic mass is 16.5. The van der Waals surface area contributed by atoms with Crippen LogP contribution >= 0.6 is 0 Å². The van der Waals surface area contributed by atoms with Crippen LogP contribution in [0.25, 0.3) is 22.9 Å². The van der Waals surface area contributed by atoms with Crippen LogP contribution < -0.4 is 10.1 Å². The number of carbonyl (C=O) groups excluding carboxylic acids is 1. The van der Waals surface area contributed by atoms with E-state index in [1.807, 2.05) is 48.5 Å². The van der Waals surface area contributed by atoms with Gasteiger partial charge in [-0.3, -0.25) is 4.79 Å². The number of benzene rings is 3. The molecule has 0 unspecified atom stereocenters. The number of hydrogen-bond donors (Lipinski definition) is 1. The van der Waals surface area contributed by atoms with Crippen molar-refractivity contribution in [1.82, 2.24) is 10.2 Å². The molecule has 3 aromatic carbocycles. The average molecular weight is 371 g/mol. The predicted molar refractivity (Wildman–Crippen MR) is 106 cm³/mol. The van der Waals surface area contributed by atoms with E-state index in [2.05, 4.69) is 15.5 Å². The van der Waals surface area contributed by atoms with Gasteiger partial charge in [-0.25, -0.2) is 0 Å². The molecule has 1 aromatic heterocycles. The van der Waals surface area contributed by atoms with Crippen molar-refractivity contribution in [3.05, 3.63) is 84.4 Å². The largest absolute Gasteiger partial charge is 0.497 e. The fraction of sp³-hybridized carbons (Fsp3) is 0.0455. The lowest BCUT2D eigenvalue weighted by atomic mass is 10.1. The summed E-state index contributed by atoms with van der Waals surface area (Å²) in [5.74, 6) is 1.09. The van der Waals surface area contributed by atoms with E-state index < -0.39 is 0 Å². The third-order valence-electron chi connectivity index (χ3n) is 4.19. The Labute approximate surface area is 161 Å². The fourth-order valence-corrected chi connectivity index (χ4v) is 2.75. The van der Waals surface area contributed by atoms with Crippen LogP contribution in [-0.2, 0) is 0 Å². The fourth-order valence-electron chi connectivity index (χ4n) is 2.75. The van der Waals surface area contributed by atoms with Crippen molar-refractivity contribution in [3.8, 4) is 28.7 Å². The lowest BCUT2D eigenvalue weighted by Crippen LogP contribution is -2.12. The summed E-state index contributed by atoms with van der Waals surface area (Å²) in [6.07, 6.45) is 0. The average Bonchev–Trinajstić information content (AvgIpc) is 3.25. The van der Waals surface area contributed by atoms with Gasteiger partial charge in [0, 0.05) is 11.1 Å². The van der Waals surface area contributed by atoms with Gasteiger partial charge in [-0.2, -0.15) is 0 Å². The van der Waals surface area contributed by atoms with Crippen LogP contribution in [0.5, 0.6) is 5.75 Å². The van der Waals surface area contributed by atoms with E-state index in [4.69, 9.17) is 9.15 Å². The predicted octanol–water partition coefficient (Wildman–Crippen LogP) is 4.66. The highest BCUT2D eigenvalue weighted by Crippen LogP contribution is 2.33. The SMILES string of the molecule is COc1ccc(NC(=O)c2ccccc2)c(-c2nnc(-c3ccccc3)o2)c1. The molecule has 0 aliphatic heterocycles. The summed E-state index contributed by atoms with van der Waals surface area (Å²) in [4.78, 5) is 12.6. The summed E-state index contributed by atoms with van der Waals surface area (Å²) >= 11 is 0. The van der Waals surface area contributed by atoms with Gasteiger partial charge in [-0.05, 0) is 42.5 Å². The van der Waals surface area contributed by atoms with Crippen molar-refractivity contribution < 1.29 is 13.9 Å². The minimum atomic E-state index is -0.227. The third kappa shape index (κ3) is 3.61. The number of amides is 1. The topological polar surface area (TPSA) is 77.2 Å². The van der Waals surface area contributed by atoms with Crippen LogP contribution in [0.2, 0.25) is 0 Å². The molecule has 0 aliphatic rings. The van der Waals surface area contributed by atoms with Gasteiger partial charge >= 0.3 is 0 Å².